The van der Waals surface area contributed by atoms with Gasteiger partial charge in [-0.1, -0.05) is 12.0 Å². The normalized spacial score (nSPS) is 14.2. The summed E-state index contributed by atoms with van der Waals surface area (Å²) in [6, 6.07) is 5.16. The van der Waals surface area contributed by atoms with Crippen molar-refractivity contribution in [1.29, 1.82) is 0 Å². The van der Waals surface area contributed by atoms with Gasteiger partial charge >= 0.3 is 0 Å². The molecule has 144 valence electrons. The third-order valence-electron chi connectivity index (χ3n) is 4.52. The summed E-state index contributed by atoms with van der Waals surface area (Å²) >= 11 is 0. The van der Waals surface area contributed by atoms with Gasteiger partial charge in [-0.25, -0.2) is 0 Å². The molecule has 0 atom stereocenters. The zero-order valence-corrected chi connectivity index (χ0v) is 15.9. The van der Waals surface area contributed by atoms with Crippen LogP contribution in [0.3, 0.4) is 0 Å². The first-order valence-corrected chi connectivity index (χ1v) is 8.94. The van der Waals surface area contributed by atoms with E-state index in [2.05, 4.69) is 12.5 Å². The van der Waals surface area contributed by atoms with E-state index in [0.717, 1.165) is 12.8 Å². The van der Waals surface area contributed by atoms with E-state index in [1.807, 2.05) is 0 Å². The molecule has 0 aliphatic carbocycles. The Labute approximate surface area is 160 Å². The molecule has 0 radical (unpaired) electrons. The Morgan fingerprint density at radius 1 is 1.41 bits per heavy atom. The van der Waals surface area contributed by atoms with Gasteiger partial charge in [-0.3, -0.25) is 9.59 Å². The van der Waals surface area contributed by atoms with Gasteiger partial charge in [0.05, 0.1) is 19.2 Å². The van der Waals surface area contributed by atoms with Gasteiger partial charge in [0.15, 0.2) is 0 Å². The summed E-state index contributed by atoms with van der Waals surface area (Å²) in [6.45, 7) is 7.08. The molecule has 0 bridgehead atoms. The second-order valence-corrected chi connectivity index (χ2v) is 6.36. The number of ether oxygens (including phenoxy) is 2. The van der Waals surface area contributed by atoms with Crippen LogP contribution < -0.4 is 9.47 Å². The first-order valence-electron chi connectivity index (χ1n) is 8.94. The Kier molecular flexibility index (Phi) is 7.30. The lowest BCUT2D eigenvalue weighted by Gasteiger charge is -2.32. The number of piperidine rings is 1. The maximum atomic E-state index is 13.0. The van der Waals surface area contributed by atoms with Crippen molar-refractivity contribution in [2.75, 3.05) is 33.3 Å². The number of amides is 2. The fraction of sp³-hybridized carbons (Fsp3) is 0.429. The van der Waals surface area contributed by atoms with Crippen LogP contribution in [0.4, 0.5) is 0 Å². The smallest absolute Gasteiger partial charge is 0.258 e. The largest absolute Gasteiger partial charge is 0.497 e. The first kappa shape index (κ1) is 20.4. The van der Waals surface area contributed by atoms with Crippen molar-refractivity contribution in [3.05, 3.63) is 36.4 Å². The van der Waals surface area contributed by atoms with E-state index >= 15 is 0 Å². The van der Waals surface area contributed by atoms with Gasteiger partial charge in [-0.05, 0) is 18.2 Å². The number of carbonyl (C=O) groups excluding carboxylic acids is 2. The summed E-state index contributed by atoms with van der Waals surface area (Å²) in [7, 11) is 1.55. The third kappa shape index (κ3) is 5.27. The molecule has 1 aromatic rings. The highest BCUT2D eigenvalue weighted by molar-refractivity contribution is 5.97. The van der Waals surface area contributed by atoms with E-state index < -0.39 is 0 Å². The molecule has 1 heterocycles. The average molecular weight is 370 g/mol. The van der Waals surface area contributed by atoms with Gasteiger partial charge in [0.2, 0.25) is 5.91 Å². The second kappa shape index (κ2) is 9.67. The summed E-state index contributed by atoms with van der Waals surface area (Å²) < 4.78 is 11.4. The van der Waals surface area contributed by atoms with E-state index in [0.29, 0.717) is 36.7 Å². The maximum Gasteiger partial charge on any atom is 0.258 e. The van der Waals surface area contributed by atoms with Gasteiger partial charge in [-0.2, -0.15) is 0 Å². The van der Waals surface area contributed by atoms with Crippen LogP contribution in [-0.4, -0.2) is 61.0 Å². The molecule has 0 N–H and O–H groups in total. The minimum Gasteiger partial charge on any atom is -0.497 e. The molecule has 6 nitrogen and oxygen atoms in total. The molecule has 2 rings (SSSR count). The summed E-state index contributed by atoms with van der Waals surface area (Å²) in [5, 5.41) is 0. The topological polar surface area (TPSA) is 59.1 Å². The highest BCUT2D eigenvalue weighted by Crippen LogP contribution is 2.28. The number of benzene rings is 1. The molecule has 1 saturated heterocycles. The molecular weight excluding hydrogens is 344 g/mol. The third-order valence-corrected chi connectivity index (χ3v) is 4.52. The SMILES string of the molecule is C#CCN(CC=C)C(=O)c1cc(OC)ccc1OC1CCN(C(C)=O)CC1. The van der Waals surface area contributed by atoms with Gasteiger partial charge in [0, 0.05) is 39.4 Å². The van der Waals surface area contributed by atoms with Gasteiger partial charge in [-0.15, -0.1) is 13.0 Å². The molecule has 0 unspecified atom stereocenters. The zero-order valence-electron chi connectivity index (χ0n) is 15.9. The van der Waals surface area contributed by atoms with Crippen LogP contribution in [-0.2, 0) is 4.79 Å². The van der Waals surface area contributed by atoms with Crippen LogP contribution in [0.2, 0.25) is 0 Å². The van der Waals surface area contributed by atoms with Crippen LogP contribution in [0.15, 0.2) is 30.9 Å². The fourth-order valence-electron chi connectivity index (χ4n) is 3.03. The number of likely N-dealkylation sites (tertiary alicyclic amines) is 1. The number of hydrogen-bond donors (Lipinski definition) is 0. The lowest BCUT2D eigenvalue weighted by Crippen LogP contribution is -2.41. The molecule has 27 heavy (non-hydrogen) atoms. The lowest BCUT2D eigenvalue weighted by atomic mass is 10.1. The molecular formula is C21H26N2O4. The van der Waals surface area contributed by atoms with Crippen molar-refractivity contribution in [3.8, 4) is 23.8 Å². The quantitative estimate of drug-likeness (QED) is 0.546. The Morgan fingerprint density at radius 3 is 2.67 bits per heavy atom. The van der Waals surface area contributed by atoms with Crippen molar-refractivity contribution < 1.29 is 19.1 Å². The van der Waals surface area contributed by atoms with Crippen molar-refractivity contribution in [2.24, 2.45) is 0 Å². The number of nitrogens with zero attached hydrogens (tertiary/aromatic N) is 2. The minimum atomic E-state index is -0.233. The van der Waals surface area contributed by atoms with Gasteiger partial charge < -0.3 is 19.3 Å². The Morgan fingerprint density at radius 2 is 2.11 bits per heavy atom. The molecule has 1 aliphatic heterocycles. The predicted octanol–water partition coefficient (Wildman–Crippen LogP) is 2.35. The summed E-state index contributed by atoms with van der Waals surface area (Å²) in [6.07, 6.45) is 8.41. The van der Waals surface area contributed by atoms with Crippen LogP contribution in [0, 0.1) is 12.3 Å². The van der Waals surface area contributed by atoms with Crippen molar-refractivity contribution >= 4 is 11.8 Å². The molecule has 1 fully saturated rings. The Bertz CT molecular complexity index is 730. The van der Waals surface area contributed by atoms with Crippen LogP contribution in [0.1, 0.15) is 30.1 Å². The molecule has 1 aliphatic rings. The van der Waals surface area contributed by atoms with Crippen LogP contribution in [0.25, 0.3) is 0 Å². The fourth-order valence-corrected chi connectivity index (χ4v) is 3.03. The average Bonchev–Trinajstić information content (AvgIpc) is 2.68. The standard InChI is InChI=1S/C21H26N2O4/c1-5-11-23(12-6-2)21(25)19-15-18(26-4)7-8-20(19)27-17-9-13-22(14-10-17)16(3)24/h1,6-8,15,17H,2,9-14H2,3-4H3. The van der Waals surface area contributed by atoms with Crippen LogP contribution in [0.5, 0.6) is 11.5 Å². The van der Waals surface area contributed by atoms with E-state index in [4.69, 9.17) is 15.9 Å². The van der Waals surface area contributed by atoms with Crippen LogP contribution >= 0.6 is 0 Å². The minimum absolute atomic E-state index is 0.0546. The maximum absolute atomic E-state index is 13.0. The molecule has 0 aromatic heterocycles. The number of terminal acetylenes is 1. The molecule has 0 saturated carbocycles. The first-order chi connectivity index (χ1) is 13.0. The van der Waals surface area contributed by atoms with E-state index in [1.165, 1.54) is 4.90 Å². The monoisotopic (exact) mass is 370 g/mol. The van der Waals surface area contributed by atoms with Gasteiger partial charge in [0.25, 0.3) is 5.91 Å². The number of methoxy groups -OCH3 is 1. The summed E-state index contributed by atoms with van der Waals surface area (Å²) in [4.78, 5) is 27.8. The Hall–Kier alpha value is -2.94. The summed E-state index contributed by atoms with van der Waals surface area (Å²) in [5.41, 5.74) is 0.403. The number of rotatable bonds is 7. The summed E-state index contributed by atoms with van der Waals surface area (Å²) in [5.74, 6) is 3.39. The predicted molar refractivity (Wildman–Crippen MR) is 104 cm³/mol. The lowest BCUT2D eigenvalue weighted by molar-refractivity contribution is -0.130. The molecule has 1 aromatic carbocycles. The zero-order chi connectivity index (χ0) is 19.8. The molecule has 0 spiro atoms. The highest BCUT2D eigenvalue weighted by Gasteiger charge is 2.25. The van der Waals surface area contributed by atoms with E-state index in [-0.39, 0.29) is 24.5 Å². The second-order valence-electron chi connectivity index (χ2n) is 6.36. The van der Waals surface area contributed by atoms with Crippen molar-refractivity contribution in [1.82, 2.24) is 9.80 Å². The molecule has 6 heteroatoms. The van der Waals surface area contributed by atoms with E-state index in [9.17, 15) is 9.59 Å². The van der Waals surface area contributed by atoms with Crippen molar-refractivity contribution in [3.63, 3.8) is 0 Å². The highest BCUT2D eigenvalue weighted by atomic mass is 16.5. The number of hydrogen-bond acceptors (Lipinski definition) is 4. The Balaban J connectivity index is 2.21. The van der Waals surface area contributed by atoms with Gasteiger partial charge in [0.1, 0.15) is 17.6 Å². The van der Waals surface area contributed by atoms with Crippen molar-refractivity contribution in [2.45, 2.75) is 25.9 Å². The van der Waals surface area contributed by atoms with E-state index in [1.54, 1.807) is 43.2 Å². The number of carbonyl (C=O) groups is 2. The molecule has 2 amide bonds.